The van der Waals surface area contributed by atoms with Crippen LogP contribution >= 0.6 is 36.2 Å². The lowest BCUT2D eigenvalue weighted by Gasteiger charge is -2.08. The van der Waals surface area contributed by atoms with E-state index < -0.39 is 0 Å². The molecular formula is C14H25Cl2N3OS. The second-order valence-electron chi connectivity index (χ2n) is 5.63. The fourth-order valence-corrected chi connectivity index (χ4v) is 3.29. The molecule has 1 aliphatic heterocycles. The number of rotatable bonds is 6. The zero-order valence-corrected chi connectivity index (χ0v) is 15.0. The summed E-state index contributed by atoms with van der Waals surface area (Å²) in [6.07, 6.45) is 3.23. The van der Waals surface area contributed by atoms with E-state index in [1.165, 1.54) is 6.42 Å². The summed E-state index contributed by atoms with van der Waals surface area (Å²) in [7, 11) is 0. The van der Waals surface area contributed by atoms with Crippen molar-refractivity contribution in [3.8, 4) is 0 Å². The van der Waals surface area contributed by atoms with Crippen LogP contribution in [-0.2, 0) is 6.42 Å². The smallest absolute Gasteiger partial charge is 0.270 e. The monoisotopic (exact) mass is 353 g/mol. The van der Waals surface area contributed by atoms with Gasteiger partial charge in [-0.1, -0.05) is 13.8 Å². The molecule has 1 aromatic rings. The van der Waals surface area contributed by atoms with Gasteiger partial charge in [-0.05, 0) is 37.8 Å². The summed E-state index contributed by atoms with van der Waals surface area (Å²) in [6, 6.07) is 0. The van der Waals surface area contributed by atoms with E-state index in [0.29, 0.717) is 17.5 Å². The molecule has 21 heavy (non-hydrogen) atoms. The molecule has 122 valence electrons. The van der Waals surface area contributed by atoms with E-state index in [1.54, 1.807) is 11.3 Å². The lowest BCUT2D eigenvalue weighted by atomic mass is 10.1. The van der Waals surface area contributed by atoms with Crippen LogP contribution in [0, 0.1) is 11.8 Å². The molecule has 4 nitrogen and oxygen atoms in total. The van der Waals surface area contributed by atoms with E-state index in [9.17, 15) is 4.79 Å². The maximum atomic E-state index is 11.9. The predicted octanol–water partition coefficient (Wildman–Crippen LogP) is 2.91. The van der Waals surface area contributed by atoms with Crippen molar-refractivity contribution in [3.63, 3.8) is 0 Å². The molecule has 2 rings (SSSR count). The summed E-state index contributed by atoms with van der Waals surface area (Å²) in [5.74, 6) is 1.27. The van der Waals surface area contributed by atoms with E-state index in [4.69, 9.17) is 0 Å². The van der Waals surface area contributed by atoms with Gasteiger partial charge in [0.1, 0.15) is 5.69 Å². The van der Waals surface area contributed by atoms with Gasteiger partial charge in [0.05, 0.1) is 5.01 Å². The SMILES string of the molecule is CC(C)Cc1nc(C(=O)NCCC2CCNC2)cs1.Cl.Cl. The molecule has 2 N–H and O–H groups in total. The Labute approximate surface area is 143 Å². The molecule has 0 aliphatic carbocycles. The van der Waals surface area contributed by atoms with E-state index in [2.05, 4.69) is 29.5 Å². The van der Waals surface area contributed by atoms with Gasteiger partial charge in [0.25, 0.3) is 5.91 Å². The number of halogens is 2. The fraction of sp³-hybridized carbons (Fsp3) is 0.714. The Bertz CT molecular complexity index is 420. The van der Waals surface area contributed by atoms with Crippen LogP contribution in [0.4, 0.5) is 0 Å². The first-order valence-electron chi connectivity index (χ1n) is 7.08. The summed E-state index contributed by atoms with van der Waals surface area (Å²) >= 11 is 1.58. The lowest BCUT2D eigenvalue weighted by Crippen LogP contribution is -2.26. The first kappa shape index (κ1) is 20.6. The predicted molar refractivity (Wildman–Crippen MR) is 93.1 cm³/mol. The first-order valence-corrected chi connectivity index (χ1v) is 7.96. The topological polar surface area (TPSA) is 54.0 Å². The molecule has 2 heterocycles. The molecule has 0 saturated carbocycles. The highest BCUT2D eigenvalue weighted by molar-refractivity contribution is 7.09. The van der Waals surface area contributed by atoms with Crippen molar-refractivity contribution >= 4 is 42.1 Å². The minimum Gasteiger partial charge on any atom is -0.351 e. The Kier molecular flexibility index (Phi) is 10.2. The number of hydrogen-bond donors (Lipinski definition) is 2. The maximum Gasteiger partial charge on any atom is 0.270 e. The number of hydrogen-bond acceptors (Lipinski definition) is 4. The van der Waals surface area contributed by atoms with Crippen molar-refractivity contribution < 1.29 is 4.79 Å². The summed E-state index contributed by atoms with van der Waals surface area (Å²) < 4.78 is 0. The quantitative estimate of drug-likeness (QED) is 0.826. The maximum absolute atomic E-state index is 11.9. The van der Waals surface area contributed by atoms with E-state index in [1.807, 2.05) is 5.38 Å². The van der Waals surface area contributed by atoms with Crippen molar-refractivity contribution in [1.82, 2.24) is 15.6 Å². The van der Waals surface area contributed by atoms with Gasteiger partial charge in [-0.2, -0.15) is 0 Å². The Morgan fingerprint density at radius 1 is 1.52 bits per heavy atom. The number of carbonyl (C=O) groups excluding carboxylic acids is 1. The highest BCUT2D eigenvalue weighted by Gasteiger charge is 2.15. The summed E-state index contributed by atoms with van der Waals surface area (Å²) in [5, 5.41) is 9.23. The molecular weight excluding hydrogens is 329 g/mol. The number of nitrogens with zero attached hydrogens (tertiary/aromatic N) is 1. The number of thiazole rings is 1. The van der Waals surface area contributed by atoms with E-state index >= 15 is 0 Å². The molecule has 7 heteroatoms. The van der Waals surface area contributed by atoms with Crippen LogP contribution in [-0.4, -0.2) is 30.5 Å². The van der Waals surface area contributed by atoms with Crippen LogP contribution in [0.2, 0.25) is 0 Å². The molecule has 1 fully saturated rings. The van der Waals surface area contributed by atoms with Crippen LogP contribution in [0.5, 0.6) is 0 Å². The summed E-state index contributed by atoms with van der Waals surface area (Å²) in [4.78, 5) is 16.3. The van der Waals surface area contributed by atoms with E-state index in [0.717, 1.165) is 37.5 Å². The van der Waals surface area contributed by atoms with Gasteiger partial charge in [-0.3, -0.25) is 4.79 Å². The van der Waals surface area contributed by atoms with Crippen molar-refractivity contribution in [2.45, 2.75) is 33.1 Å². The third-order valence-electron chi connectivity index (χ3n) is 3.37. The average molecular weight is 354 g/mol. The standard InChI is InChI=1S/C14H23N3OS.2ClH/c1-10(2)7-13-17-12(9-19-13)14(18)16-6-4-11-3-5-15-8-11;;/h9-11,15H,3-8H2,1-2H3,(H,16,18);2*1H. The molecule has 0 radical (unpaired) electrons. The Morgan fingerprint density at radius 2 is 2.29 bits per heavy atom. The van der Waals surface area contributed by atoms with Crippen molar-refractivity contribution in [3.05, 3.63) is 16.1 Å². The van der Waals surface area contributed by atoms with Gasteiger partial charge in [0, 0.05) is 18.3 Å². The lowest BCUT2D eigenvalue weighted by molar-refractivity contribution is 0.0947. The Hall–Kier alpha value is -0.360. The van der Waals surface area contributed by atoms with Crippen molar-refractivity contribution in [1.29, 1.82) is 0 Å². The molecule has 1 amide bonds. The second-order valence-corrected chi connectivity index (χ2v) is 6.57. The van der Waals surface area contributed by atoms with E-state index in [-0.39, 0.29) is 30.7 Å². The molecule has 0 aromatic carbocycles. The van der Waals surface area contributed by atoms with Crippen molar-refractivity contribution in [2.75, 3.05) is 19.6 Å². The minimum atomic E-state index is -0.0304. The Morgan fingerprint density at radius 3 is 2.90 bits per heavy atom. The minimum absolute atomic E-state index is 0. The van der Waals surface area contributed by atoms with Gasteiger partial charge < -0.3 is 10.6 Å². The molecule has 0 bridgehead atoms. The highest BCUT2D eigenvalue weighted by atomic mass is 35.5. The van der Waals surface area contributed by atoms with Crippen LogP contribution in [0.15, 0.2) is 5.38 Å². The van der Waals surface area contributed by atoms with Crippen LogP contribution in [0.1, 0.15) is 42.2 Å². The number of amides is 1. The third kappa shape index (κ3) is 6.96. The second kappa shape index (κ2) is 10.4. The molecule has 1 aromatic heterocycles. The highest BCUT2D eigenvalue weighted by Crippen LogP contribution is 2.14. The number of carbonyl (C=O) groups is 1. The zero-order chi connectivity index (χ0) is 13.7. The van der Waals surface area contributed by atoms with Crippen LogP contribution < -0.4 is 10.6 Å². The number of aromatic nitrogens is 1. The number of nitrogens with one attached hydrogen (secondary N) is 2. The average Bonchev–Trinajstić information content (AvgIpc) is 2.99. The fourth-order valence-electron chi connectivity index (χ4n) is 2.30. The van der Waals surface area contributed by atoms with Crippen molar-refractivity contribution in [2.24, 2.45) is 11.8 Å². The normalized spacial score (nSPS) is 17.2. The molecule has 1 saturated heterocycles. The summed E-state index contributed by atoms with van der Waals surface area (Å²) in [5.41, 5.74) is 0.574. The van der Waals surface area contributed by atoms with Gasteiger partial charge in [-0.25, -0.2) is 4.98 Å². The van der Waals surface area contributed by atoms with Gasteiger partial charge in [-0.15, -0.1) is 36.2 Å². The molecule has 1 aliphatic rings. The van der Waals surface area contributed by atoms with Gasteiger partial charge in [0.15, 0.2) is 0 Å². The first-order chi connectivity index (χ1) is 9.15. The Balaban J connectivity index is 0.00000200. The largest absolute Gasteiger partial charge is 0.351 e. The molecule has 1 unspecified atom stereocenters. The zero-order valence-electron chi connectivity index (χ0n) is 12.6. The third-order valence-corrected chi connectivity index (χ3v) is 4.24. The molecule has 1 atom stereocenters. The van der Waals surface area contributed by atoms with Crippen LogP contribution in [0.25, 0.3) is 0 Å². The summed E-state index contributed by atoms with van der Waals surface area (Å²) in [6.45, 7) is 7.28. The van der Waals surface area contributed by atoms with Gasteiger partial charge >= 0.3 is 0 Å². The van der Waals surface area contributed by atoms with Gasteiger partial charge in [0.2, 0.25) is 0 Å². The van der Waals surface area contributed by atoms with Crippen LogP contribution in [0.3, 0.4) is 0 Å². The molecule has 0 spiro atoms.